The fourth-order valence-corrected chi connectivity index (χ4v) is 4.43. The number of nitrogens with zero attached hydrogens (tertiary/aromatic N) is 2. The van der Waals surface area contributed by atoms with Crippen LogP contribution in [0.5, 0.6) is 0 Å². The number of aromatic nitrogens is 2. The first-order valence-electron chi connectivity index (χ1n) is 11.4. The van der Waals surface area contributed by atoms with Gasteiger partial charge in [-0.15, -0.1) is 0 Å². The highest BCUT2D eigenvalue weighted by Gasteiger charge is 2.21. The van der Waals surface area contributed by atoms with Gasteiger partial charge in [0.2, 0.25) is 5.95 Å². The lowest BCUT2D eigenvalue weighted by molar-refractivity contribution is 0.0642. The summed E-state index contributed by atoms with van der Waals surface area (Å²) < 4.78 is 5.37. The first-order valence-corrected chi connectivity index (χ1v) is 11.8. The fourth-order valence-electron chi connectivity index (χ4n) is 4.25. The van der Waals surface area contributed by atoms with E-state index in [2.05, 4.69) is 20.9 Å². The van der Waals surface area contributed by atoms with Crippen LogP contribution in [0.1, 0.15) is 28.8 Å². The fraction of sp³-hybridized carbons (Fsp3) is 0.320. The monoisotopic (exact) mass is 479 g/mol. The van der Waals surface area contributed by atoms with Crippen molar-refractivity contribution in [2.45, 2.75) is 25.5 Å². The molecule has 0 spiro atoms. The second kappa shape index (κ2) is 9.97. The molecule has 1 fully saturated rings. The standard InChI is InChI=1S/C25H26ClN5O3/c26-18-3-6-20-21(12-18)30-22(32)11-17-14-28-25(31-23(17)20)29-19-4-1-16(2-5-19)24(33)27-13-15-7-9-34-10-8-15/h1-6,12,14-15,22,30,32H,7-11,13H2,(H,27,33)(H,28,29,31). The summed E-state index contributed by atoms with van der Waals surface area (Å²) >= 11 is 6.14. The molecule has 3 aromatic rings. The van der Waals surface area contributed by atoms with Crippen LogP contribution in [0.3, 0.4) is 0 Å². The number of aliphatic hydroxyl groups excluding tert-OH is 1. The van der Waals surface area contributed by atoms with E-state index in [-0.39, 0.29) is 5.91 Å². The van der Waals surface area contributed by atoms with Gasteiger partial charge in [0.15, 0.2) is 0 Å². The molecule has 176 valence electrons. The van der Waals surface area contributed by atoms with Gasteiger partial charge < -0.3 is 25.8 Å². The Morgan fingerprint density at radius 3 is 2.76 bits per heavy atom. The zero-order chi connectivity index (χ0) is 23.5. The average Bonchev–Trinajstić information content (AvgIpc) is 2.98. The quantitative estimate of drug-likeness (QED) is 0.438. The smallest absolute Gasteiger partial charge is 0.251 e. The highest BCUT2D eigenvalue weighted by atomic mass is 35.5. The molecular weight excluding hydrogens is 454 g/mol. The number of halogens is 1. The van der Waals surface area contributed by atoms with Crippen molar-refractivity contribution >= 4 is 34.8 Å². The molecule has 1 atom stereocenters. The lowest BCUT2D eigenvalue weighted by Gasteiger charge is -2.22. The minimum atomic E-state index is -0.758. The number of anilines is 3. The van der Waals surface area contributed by atoms with Crippen molar-refractivity contribution < 1.29 is 14.6 Å². The zero-order valence-corrected chi connectivity index (χ0v) is 19.3. The molecule has 1 aromatic heterocycles. The minimum Gasteiger partial charge on any atom is -0.381 e. The van der Waals surface area contributed by atoms with Gasteiger partial charge in [-0.05, 0) is 61.2 Å². The number of nitrogens with one attached hydrogen (secondary N) is 3. The number of hydrogen-bond donors (Lipinski definition) is 4. The molecular formula is C25H26ClN5O3. The summed E-state index contributed by atoms with van der Waals surface area (Å²) in [4.78, 5) is 21.6. The summed E-state index contributed by atoms with van der Waals surface area (Å²) in [5.74, 6) is 0.815. The van der Waals surface area contributed by atoms with Crippen molar-refractivity contribution in [1.29, 1.82) is 0 Å². The van der Waals surface area contributed by atoms with E-state index < -0.39 is 6.23 Å². The van der Waals surface area contributed by atoms with Gasteiger partial charge in [0.25, 0.3) is 5.91 Å². The molecule has 0 saturated carbocycles. The Morgan fingerprint density at radius 1 is 1.18 bits per heavy atom. The van der Waals surface area contributed by atoms with Crippen molar-refractivity contribution in [3.8, 4) is 11.3 Å². The summed E-state index contributed by atoms with van der Waals surface area (Å²) in [6, 6.07) is 12.7. The Hall–Kier alpha value is -3.20. The van der Waals surface area contributed by atoms with Crippen LogP contribution in [0.2, 0.25) is 5.02 Å². The highest BCUT2D eigenvalue weighted by molar-refractivity contribution is 6.31. The molecule has 3 heterocycles. The number of ether oxygens (including phenoxy) is 1. The molecule has 0 bridgehead atoms. The molecule has 1 saturated heterocycles. The number of hydrogen-bond acceptors (Lipinski definition) is 7. The normalized spacial score (nSPS) is 17.6. The molecule has 2 aromatic carbocycles. The van der Waals surface area contributed by atoms with E-state index in [1.807, 2.05) is 18.2 Å². The summed E-state index contributed by atoms with van der Waals surface area (Å²) in [6.07, 6.45) is 3.30. The predicted octanol–water partition coefficient (Wildman–Crippen LogP) is 3.98. The maximum Gasteiger partial charge on any atom is 0.251 e. The number of benzene rings is 2. The van der Waals surface area contributed by atoms with Gasteiger partial charge in [-0.3, -0.25) is 4.79 Å². The number of aliphatic hydroxyl groups is 1. The summed E-state index contributed by atoms with van der Waals surface area (Å²) in [5.41, 5.74) is 4.51. The molecule has 34 heavy (non-hydrogen) atoms. The topological polar surface area (TPSA) is 108 Å². The molecule has 1 amide bonds. The summed E-state index contributed by atoms with van der Waals surface area (Å²) in [5, 5.41) is 20.2. The van der Waals surface area contributed by atoms with Gasteiger partial charge in [0.1, 0.15) is 6.23 Å². The first-order chi connectivity index (χ1) is 16.5. The van der Waals surface area contributed by atoms with E-state index in [4.69, 9.17) is 21.3 Å². The van der Waals surface area contributed by atoms with E-state index in [0.29, 0.717) is 35.4 Å². The molecule has 8 nitrogen and oxygen atoms in total. The summed E-state index contributed by atoms with van der Waals surface area (Å²) in [7, 11) is 0. The van der Waals surface area contributed by atoms with Crippen molar-refractivity contribution in [3.63, 3.8) is 0 Å². The van der Waals surface area contributed by atoms with Gasteiger partial charge in [0.05, 0.1) is 5.69 Å². The van der Waals surface area contributed by atoms with E-state index in [9.17, 15) is 9.90 Å². The van der Waals surface area contributed by atoms with Gasteiger partial charge in [-0.25, -0.2) is 9.97 Å². The van der Waals surface area contributed by atoms with Gasteiger partial charge in [0, 0.05) is 65.5 Å². The largest absolute Gasteiger partial charge is 0.381 e. The third-order valence-electron chi connectivity index (χ3n) is 6.13. The first kappa shape index (κ1) is 22.6. The van der Waals surface area contributed by atoms with Crippen LogP contribution in [0, 0.1) is 5.92 Å². The van der Waals surface area contributed by atoms with Gasteiger partial charge in [-0.2, -0.15) is 0 Å². The van der Waals surface area contributed by atoms with Crippen molar-refractivity contribution in [2.75, 3.05) is 30.4 Å². The second-order valence-corrected chi connectivity index (χ2v) is 9.03. The highest BCUT2D eigenvalue weighted by Crippen LogP contribution is 2.35. The number of rotatable bonds is 5. The Morgan fingerprint density at radius 2 is 1.97 bits per heavy atom. The summed E-state index contributed by atoms with van der Waals surface area (Å²) in [6.45, 7) is 2.20. The van der Waals surface area contributed by atoms with Crippen LogP contribution in [0.4, 0.5) is 17.3 Å². The lowest BCUT2D eigenvalue weighted by atomic mass is 10.0. The van der Waals surface area contributed by atoms with Crippen molar-refractivity contribution in [3.05, 3.63) is 64.8 Å². The molecule has 4 N–H and O–H groups in total. The number of carbonyl (C=O) groups is 1. The van der Waals surface area contributed by atoms with Crippen LogP contribution < -0.4 is 16.0 Å². The SMILES string of the molecule is O=C(NCC1CCOCC1)c1ccc(Nc2ncc3c(n2)-c2ccc(Cl)cc2NC(O)C3)cc1. The Balaban J connectivity index is 1.29. The third-order valence-corrected chi connectivity index (χ3v) is 6.37. The molecule has 5 rings (SSSR count). The van der Waals surface area contributed by atoms with Crippen LogP contribution in [0.25, 0.3) is 11.3 Å². The molecule has 0 aliphatic carbocycles. The average molecular weight is 480 g/mol. The van der Waals surface area contributed by atoms with E-state index >= 15 is 0 Å². The van der Waals surface area contributed by atoms with Crippen molar-refractivity contribution in [2.24, 2.45) is 5.92 Å². The Bertz CT molecular complexity index is 1180. The molecule has 2 aliphatic heterocycles. The van der Waals surface area contributed by atoms with Gasteiger partial charge >= 0.3 is 0 Å². The minimum absolute atomic E-state index is 0.0827. The Labute approximate surface area is 202 Å². The molecule has 0 radical (unpaired) electrons. The zero-order valence-electron chi connectivity index (χ0n) is 18.6. The van der Waals surface area contributed by atoms with E-state index in [1.165, 1.54) is 0 Å². The number of carbonyl (C=O) groups excluding carboxylic acids is 1. The van der Waals surface area contributed by atoms with Crippen molar-refractivity contribution in [1.82, 2.24) is 15.3 Å². The maximum atomic E-state index is 12.5. The Kier molecular flexibility index (Phi) is 6.62. The van der Waals surface area contributed by atoms with Crippen LogP contribution in [0.15, 0.2) is 48.7 Å². The molecule has 1 unspecified atom stereocenters. The van der Waals surface area contributed by atoms with Crippen LogP contribution in [-0.2, 0) is 11.2 Å². The third kappa shape index (κ3) is 5.14. The van der Waals surface area contributed by atoms with E-state index in [0.717, 1.165) is 54.3 Å². The van der Waals surface area contributed by atoms with Crippen LogP contribution >= 0.6 is 11.6 Å². The number of fused-ring (bicyclic) bond motifs is 3. The van der Waals surface area contributed by atoms with Crippen LogP contribution in [-0.4, -0.2) is 47.0 Å². The molecule has 9 heteroatoms. The lowest BCUT2D eigenvalue weighted by Crippen LogP contribution is -2.32. The predicted molar refractivity (Wildman–Crippen MR) is 131 cm³/mol. The van der Waals surface area contributed by atoms with Gasteiger partial charge in [-0.1, -0.05) is 11.6 Å². The van der Waals surface area contributed by atoms with E-state index in [1.54, 1.807) is 30.5 Å². The number of amides is 1. The second-order valence-electron chi connectivity index (χ2n) is 8.59. The molecule has 2 aliphatic rings. The maximum absolute atomic E-state index is 12.5.